The molecule has 19 heavy (non-hydrogen) atoms. The lowest BCUT2D eigenvalue weighted by molar-refractivity contribution is 0.471. The summed E-state index contributed by atoms with van der Waals surface area (Å²) in [7, 11) is 0. The van der Waals surface area contributed by atoms with Gasteiger partial charge in [0.25, 0.3) is 0 Å². The van der Waals surface area contributed by atoms with Crippen LogP contribution in [-0.4, -0.2) is 4.98 Å². The molecule has 0 aliphatic rings. The summed E-state index contributed by atoms with van der Waals surface area (Å²) >= 11 is 0. The fourth-order valence-corrected chi connectivity index (χ4v) is 1.97. The first kappa shape index (κ1) is 13.4. The average Bonchev–Trinajstić information content (AvgIpc) is 2.33. The monoisotopic (exact) mass is 256 g/mol. The number of nitrogens with two attached hydrogens (primary N) is 1. The molecule has 0 unspecified atom stereocenters. The maximum Gasteiger partial charge on any atom is 0.131 e. The van der Waals surface area contributed by atoms with Crippen molar-refractivity contribution >= 4 is 5.69 Å². The van der Waals surface area contributed by atoms with E-state index in [1.54, 1.807) is 6.20 Å². The molecule has 0 radical (unpaired) electrons. The van der Waals surface area contributed by atoms with E-state index in [4.69, 9.17) is 10.5 Å². The Morgan fingerprint density at radius 1 is 1.16 bits per heavy atom. The highest BCUT2D eigenvalue weighted by molar-refractivity contribution is 5.55. The van der Waals surface area contributed by atoms with Gasteiger partial charge in [-0.3, -0.25) is 4.98 Å². The molecule has 0 saturated carbocycles. The van der Waals surface area contributed by atoms with Gasteiger partial charge in [0, 0.05) is 23.6 Å². The Hall–Kier alpha value is -2.03. The molecule has 100 valence electrons. The summed E-state index contributed by atoms with van der Waals surface area (Å²) in [5.74, 6) is 2.03. The van der Waals surface area contributed by atoms with Gasteiger partial charge in [-0.25, -0.2) is 0 Å². The van der Waals surface area contributed by atoms with Crippen molar-refractivity contribution in [1.29, 1.82) is 0 Å². The van der Waals surface area contributed by atoms with Crippen molar-refractivity contribution in [3.63, 3.8) is 0 Å². The molecule has 1 aromatic carbocycles. The minimum atomic E-state index is 0.362. The highest BCUT2D eigenvalue weighted by atomic mass is 16.5. The van der Waals surface area contributed by atoms with E-state index in [0.29, 0.717) is 5.92 Å². The Morgan fingerprint density at radius 3 is 2.53 bits per heavy atom. The largest absolute Gasteiger partial charge is 0.457 e. The molecule has 3 nitrogen and oxygen atoms in total. The normalized spacial score (nSPS) is 10.8. The van der Waals surface area contributed by atoms with Crippen molar-refractivity contribution in [3.8, 4) is 11.5 Å². The van der Waals surface area contributed by atoms with E-state index in [1.165, 1.54) is 0 Å². The molecule has 0 atom stereocenters. The fourth-order valence-electron chi connectivity index (χ4n) is 1.97. The van der Waals surface area contributed by atoms with Crippen LogP contribution in [0.25, 0.3) is 0 Å². The maximum absolute atomic E-state index is 5.99. The molecule has 1 heterocycles. The van der Waals surface area contributed by atoms with Crippen molar-refractivity contribution in [2.45, 2.75) is 33.6 Å². The maximum atomic E-state index is 5.99. The first-order valence-electron chi connectivity index (χ1n) is 6.48. The van der Waals surface area contributed by atoms with Gasteiger partial charge in [0.05, 0.1) is 0 Å². The number of aryl methyl sites for hydroxylation is 2. The first-order chi connectivity index (χ1) is 8.97. The average molecular weight is 256 g/mol. The van der Waals surface area contributed by atoms with E-state index >= 15 is 0 Å². The van der Waals surface area contributed by atoms with E-state index in [-0.39, 0.29) is 0 Å². The summed E-state index contributed by atoms with van der Waals surface area (Å²) in [4.78, 5) is 4.17. The van der Waals surface area contributed by atoms with E-state index in [2.05, 4.69) is 18.8 Å². The van der Waals surface area contributed by atoms with E-state index in [1.807, 2.05) is 38.1 Å². The zero-order valence-corrected chi connectivity index (χ0v) is 11.9. The Kier molecular flexibility index (Phi) is 3.74. The van der Waals surface area contributed by atoms with E-state index < -0.39 is 0 Å². The van der Waals surface area contributed by atoms with Gasteiger partial charge in [-0.1, -0.05) is 13.8 Å². The van der Waals surface area contributed by atoms with Crippen LogP contribution >= 0.6 is 0 Å². The zero-order valence-electron chi connectivity index (χ0n) is 11.9. The Bertz CT molecular complexity index is 591. The van der Waals surface area contributed by atoms with Crippen LogP contribution < -0.4 is 10.5 Å². The smallest absolute Gasteiger partial charge is 0.131 e. The molecule has 0 spiro atoms. The molecule has 2 aromatic rings. The van der Waals surface area contributed by atoms with Gasteiger partial charge in [0.1, 0.15) is 11.5 Å². The SMILES string of the molecule is Cc1cc(Oc2cc(C)c(N)cc2C(C)C)ccn1. The summed E-state index contributed by atoms with van der Waals surface area (Å²) in [5, 5.41) is 0. The molecule has 0 aliphatic carbocycles. The summed E-state index contributed by atoms with van der Waals surface area (Å²) in [6.07, 6.45) is 1.75. The number of nitrogens with zero attached hydrogens (tertiary/aromatic N) is 1. The number of hydrogen-bond acceptors (Lipinski definition) is 3. The summed E-state index contributed by atoms with van der Waals surface area (Å²) in [5.41, 5.74) is 9.88. The lowest BCUT2D eigenvalue weighted by Gasteiger charge is -2.16. The second-order valence-electron chi connectivity index (χ2n) is 5.14. The number of ether oxygens (including phenoxy) is 1. The van der Waals surface area contributed by atoms with E-state index in [9.17, 15) is 0 Å². The second-order valence-corrected chi connectivity index (χ2v) is 5.14. The molecule has 0 aliphatic heterocycles. The van der Waals surface area contributed by atoms with Crippen LogP contribution in [0, 0.1) is 13.8 Å². The number of aromatic nitrogens is 1. The van der Waals surface area contributed by atoms with Crippen LogP contribution in [0.15, 0.2) is 30.5 Å². The molecule has 2 rings (SSSR count). The second kappa shape index (κ2) is 5.31. The van der Waals surface area contributed by atoms with Gasteiger partial charge in [-0.15, -0.1) is 0 Å². The summed E-state index contributed by atoms with van der Waals surface area (Å²) in [6.45, 7) is 8.21. The Labute approximate surface area is 114 Å². The van der Waals surface area contributed by atoms with Crippen LogP contribution in [-0.2, 0) is 0 Å². The molecule has 0 bridgehead atoms. The van der Waals surface area contributed by atoms with Crippen molar-refractivity contribution < 1.29 is 4.74 Å². The standard InChI is InChI=1S/C16H20N2O/c1-10(2)14-9-15(17)11(3)7-16(14)19-13-5-6-18-12(4)8-13/h5-10H,17H2,1-4H3. The fraction of sp³-hybridized carbons (Fsp3) is 0.312. The molecule has 1 aromatic heterocycles. The number of nitrogen functional groups attached to an aromatic ring is 1. The molecule has 0 fully saturated rings. The number of benzene rings is 1. The van der Waals surface area contributed by atoms with Crippen LogP contribution in [0.2, 0.25) is 0 Å². The molecule has 3 heteroatoms. The van der Waals surface area contributed by atoms with E-state index in [0.717, 1.165) is 34.0 Å². The predicted molar refractivity (Wildman–Crippen MR) is 78.7 cm³/mol. The Morgan fingerprint density at radius 2 is 1.89 bits per heavy atom. The minimum Gasteiger partial charge on any atom is -0.457 e. The molecular formula is C16H20N2O. The number of anilines is 1. The van der Waals surface area contributed by atoms with Gasteiger partial charge >= 0.3 is 0 Å². The van der Waals surface area contributed by atoms with Gasteiger partial charge in [-0.05, 0) is 49.1 Å². The van der Waals surface area contributed by atoms with Gasteiger partial charge < -0.3 is 10.5 Å². The lowest BCUT2D eigenvalue weighted by atomic mass is 9.99. The highest BCUT2D eigenvalue weighted by Crippen LogP contribution is 2.34. The molecule has 0 amide bonds. The Balaban J connectivity index is 2.41. The van der Waals surface area contributed by atoms with Crippen molar-refractivity contribution in [1.82, 2.24) is 4.98 Å². The third-order valence-electron chi connectivity index (χ3n) is 3.12. The lowest BCUT2D eigenvalue weighted by Crippen LogP contribution is -1.99. The van der Waals surface area contributed by atoms with Crippen LogP contribution in [0.1, 0.15) is 36.6 Å². The number of hydrogen-bond donors (Lipinski definition) is 1. The quantitative estimate of drug-likeness (QED) is 0.837. The van der Waals surface area contributed by atoms with Gasteiger partial charge in [0.2, 0.25) is 0 Å². The molecule has 0 saturated heterocycles. The number of pyridine rings is 1. The topological polar surface area (TPSA) is 48.1 Å². The third kappa shape index (κ3) is 3.05. The minimum absolute atomic E-state index is 0.362. The van der Waals surface area contributed by atoms with Crippen LogP contribution in [0.3, 0.4) is 0 Å². The van der Waals surface area contributed by atoms with Crippen LogP contribution in [0.5, 0.6) is 11.5 Å². The van der Waals surface area contributed by atoms with Crippen molar-refractivity contribution in [2.24, 2.45) is 0 Å². The third-order valence-corrected chi connectivity index (χ3v) is 3.12. The predicted octanol–water partition coefficient (Wildman–Crippen LogP) is 4.20. The van der Waals surface area contributed by atoms with Gasteiger partial charge in [0.15, 0.2) is 0 Å². The van der Waals surface area contributed by atoms with Gasteiger partial charge in [-0.2, -0.15) is 0 Å². The van der Waals surface area contributed by atoms with Crippen LogP contribution in [0.4, 0.5) is 5.69 Å². The summed E-state index contributed by atoms with van der Waals surface area (Å²) in [6, 6.07) is 7.79. The number of rotatable bonds is 3. The zero-order chi connectivity index (χ0) is 14.0. The molecule has 2 N–H and O–H groups in total. The first-order valence-corrected chi connectivity index (χ1v) is 6.48. The molecular weight excluding hydrogens is 236 g/mol. The van der Waals surface area contributed by atoms with Crippen molar-refractivity contribution in [2.75, 3.05) is 5.73 Å². The highest BCUT2D eigenvalue weighted by Gasteiger charge is 2.11. The summed E-state index contributed by atoms with van der Waals surface area (Å²) < 4.78 is 5.99. The van der Waals surface area contributed by atoms with Crippen molar-refractivity contribution in [3.05, 3.63) is 47.3 Å².